The molecule has 32 heavy (non-hydrogen) atoms. The van der Waals surface area contributed by atoms with Crippen LogP contribution in [0.1, 0.15) is 5.56 Å². The maximum absolute atomic E-state index is 12.9. The number of rotatable bonds is 9. The van der Waals surface area contributed by atoms with Crippen molar-refractivity contribution in [1.29, 1.82) is 0 Å². The van der Waals surface area contributed by atoms with Crippen LogP contribution in [0.5, 0.6) is 5.75 Å². The molecule has 0 unspecified atom stereocenters. The second-order valence-corrected chi connectivity index (χ2v) is 9.00. The summed E-state index contributed by atoms with van der Waals surface area (Å²) in [5, 5.41) is 4.83. The highest BCUT2D eigenvalue weighted by Gasteiger charge is 2.21. The van der Waals surface area contributed by atoms with Gasteiger partial charge in [0.25, 0.3) is 0 Å². The standard InChI is InChI=1S/C23H21FN2O5S/c24-18-6-8-19(9-7-18)25-22(27)15-32(29,30)16-23(28)26-20-10-12-21(13-11-20)31-14-17-4-2-1-3-5-17/h1-13H,14-16H2,(H,25,27)(H,26,28). The van der Waals surface area contributed by atoms with Crippen LogP contribution in [0.15, 0.2) is 78.9 Å². The summed E-state index contributed by atoms with van der Waals surface area (Å²) in [4.78, 5) is 24.0. The van der Waals surface area contributed by atoms with E-state index in [2.05, 4.69) is 10.6 Å². The summed E-state index contributed by atoms with van der Waals surface area (Å²) in [6.45, 7) is 0.394. The van der Waals surface area contributed by atoms with Crippen molar-refractivity contribution in [1.82, 2.24) is 0 Å². The number of hydrogen-bond donors (Lipinski definition) is 2. The molecule has 2 N–H and O–H groups in total. The summed E-state index contributed by atoms with van der Waals surface area (Å²) < 4.78 is 42.9. The zero-order valence-electron chi connectivity index (χ0n) is 17.0. The van der Waals surface area contributed by atoms with Crippen molar-refractivity contribution < 1.29 is 27.1 Å². The molecular weight excluding hydrogens is 435 g/mol. The molecule has 0 radical (unpaired) electrons. The molecule has 2 amide bonds. The number of anilines is 2. The van der Waals surface area contributed by atoms with Gasteiger partial charge in [-0.2, -0.15) is 0 Å². The molecule has 0 spiro atoms. The Morgan fingerprint density at radius 1 is 0.750 bits per heavy atom. The van der Waals surface area contributed by atoms with E-state index in [-0.39, 0.29) is 5.69 Å². The largest absolute Gasteiger partial charge is 0.489 e. The minimum absolute atomic E-state index is 0.255. The maximum Gasteiger partial charge on any atom is 0.239 e. The highest BCUT2D eigenvalue weighted by Crippen LogP contribution is 2.17. The van der Waals surface area contributed by atoms with E-state index in [0.29, 0.717) is 18.0 Å². The summed E-state index contributed by atoms with van der Waals surface area (Å²) in [5.41, 5.74) is 1.66. The Labute approximate surface area is 185 Å². The van der Waals surface area contributed by atoms with Crippen molar-refractivity contribution in [3.05, 3.63) is 90.2 Å². The molecule has 9 heteroatoms. The Morgan fingerprint density at radius 2 is 1.25 bits per heavy atom. The zero-order valence-corrected chi connectivity index (χ0v) is 17.8. The summed E-state index contributed by atoms with van der Waals surface area (Å²) in [6.07, 6.45) is 0. The van der Waals surface area contributed by atoms with E-state index < -0.39 is 39.0 Å². The highest BCUT2D eigenvalue weighted by atomic mass is 32.2. The number of carbonyl (C=O) groups is 2. The SMILES string of the molecule is O=C(CS(=O)(=O)CC(=O)Nc1ccc(OCc2ccccc2)cc1)Nc1ccc(F)cc1. The fourth-order valence-corrected chi connectivity index (χ4v) is 3.80. The Balaban J connectivity index is 1.47. The first-order chi connectivity index (χ1) is 15.3. The molecule has 0 saturated carbocycles. The Morgan fingerprint density at radius 3 is 1.78 bits per heavy atom. The summed E-state index contributed by atoms with van der Waals surface area (Å²) >= 11 is 0. The number of sulfone groups is 1. The van der Waals surface area contributed by atoms with E-state index in [4.69, 9.17) is 4.74 Å². The maximum atomic E-state index is 12.9. The third kappa shape index (κ3) is 7.51. The van der Waals surface area contributed by atoms with Crippen LogP contribution >= 0.6 is 0 Å². The summed E-state index contributed by atoms with van der Waals surface area (Å²) in [7, 11) is -4.00. The first-order valence-corrected chi connectivity index (χ1v) is 11.4. The lowest BCUT2D eigenvalue weighted by Crippen LogP contribution is -2.30. The number of hydrogen-bond acceptors (Lipinski definition) is 5. The average Bonchev–Trinajstić information content (AvgIpc) is 2.74. The fraction of sp³-hybridized carbons (Fsp3) is 0.130. The van der Waals surface area contributed by atoms with Gasteiger partial charge in [0, 0.05) is 11.4 Å². The second kappa shape index (κ2) is 10.5. The third-order valence-corrected chi connectivity index (χ3v) is 5.62. The second-order valence-electron chi connectivity index (χ2n) is 6.93. The fourth-order valence-electron chi connectivity index (χ4n) is 2.75. The van der Waals surface area contributed by atoms with Crippen LogP contribution in [0.25, 0.3) is 0 Å². The van der Waals surface area contributed by atoms with E-state index in [0.717, 1.165) is 17.7 Å². The average molecular weight is 456 g/mol. The van der Waals surface area contributed by atoms with Crippen LogP contribution < -0.4 is 15.4 Å². The number of amides is 2. The van der Waals surface area contributed by atoms with Gasteiger partial charge in [-0.3, -0.25) is 9.59 Å². The molecule has 0 saturated heterocycles. The van der Waals surface area contributed by atoms with E-state index in [1.807, 2.05) is 30.3 Å². The van der Waals surface area contributed by atoms with Crippen LogP contribution in [-0.4, -0.2) is 31.7 Å². The van der Waals surface area contributed by atoms with Crippen LogP contribution in [0.4, 0.5) is 15.8 Å². The molecule has 0 heterocycles. The van der Waals surface area contributed by atoms with Crippen molar-refractivity contribution >= 4 is 33.0 Å². The van der Waals surface area contributed by atoms with Gasteiger partial charge in [0.15, 0.2) is 9.84 Å². The molecule has 0 fully saturated rings. The Kier molecular flexibility index (Phi) is 7.56. The van der Waals surface area contributed by atoms with Crippen LogP contribution in [0.2, 0.25) is 0 Å². The number of carbonyl (C=O) groups excluding carboxylic acids is 2. The first-order valence-electron chi connectivity index (χ1n) is 9.61. The normalized spacial score (nSPS) is 10.9. The minimum atomic E-state index is -4.00. The van der Waals surface area contributed by atoms with E-state index >= 15 is 0 Å². The van der Waals surface area contributed by atoms with Gasteiger partial charge in [-0.25, -0.2) is 12.8 Å². The van der Waals surface area contributed by atoms with E-state index in [1.54, 1.807) is 24.3 Å². The van der Waals surface area contributed by atoms with Gasteiger partial charge < -0.3 is 15.4 Å². The molecule has 166 valence electrons. The van der Waals surface area contributed by atoms with Crippen molar-refractivity contribution in [2.24, 2.45) is 0 Å². The molecule has 0 aromatic heterocycles. The van der Waals surface area contributed by atoms with E-state index in [1.165, 1.54) is 12.1 Å². The van der Waals surface area contributed by atoms with Crippen molar-refractivity contribution in [3.63, 3.8) is 0 Å². The lowest BCUT2D eigenvalue weighted by Gasteiger charge is -2.09. The van der Waals surface area contributed by atoms with Gasteiger partial charge in [0.05, 0.1) is 0 Å². The molecule has 0 aliphatic carbocycles. The number of nitrogens with one attached hydrogen (secondary N) is 2. The first kappa shape index (κ1) is 23.0. The van der Waals surface area contributed by atoms with Gasteiger partial charge in [-0.1, -0.05) is 30.3 Å². The number of ether oxygens (including phenoxy) is 1. The van der Waals surface area contributed by atoms with Crippen molar-refractivity contribution in [2.75, 3.05) is 22.1 Å². The van der Waals surface area contributed by atoms with E-state index in [9.17, 15) is 22.4 Å². The van der Waals surface area contributed by atoms with Gasteiger partial charge in [-0.15, -0.1) is 0 Å². The topological polar surface area (TPSA) is 102 Å². The molecule has 0 bridgehead atoms. The number of halogens is 1. The smallest absolute Gasteiger partial charge is 0.239 e. The lowest BCUT2D eigenvalue weighted by atomic mass is 10.2. The van der Waals surface area contributed by atoms with Crippen LogP contribution in [-0.2, 0) is 26.0 Å². The monoisotopic (exact) mass is 456 g/mol. The van der Waals surface area contributed by atoms with Gasteiger partial charge in [0.2, 0.25) is 11.8 Å². The predicted octanol–water partition coefficient (Wildman–Crippen LogP) is 3.40. The minimum Gasteiger partial charge on any atom is -0.489 e. The summed E-state index contributed by atoms with van der Waals surface area (Å²) in [6, 6.07) is 21.0. The van der Waals surface area contributed by atoms with Gasteiger partial charge >= 0.3 is 0 Å². The summed E-state index contributed by atoms with van der Waals surface area (Å²) in [5.74, 6) is -3.19. The number of benzene rings is 3. The molecule has 0 aliphatic heterocycles. The quantitative estimate of drug-likeness (QED) is 0.514. The van der Waals surface area contributed by atoms with Gasteiger partial charge in [0.1, 0.15) is 29.7 Å². The molecule has 3 aromatic rings. The van der Waals surface area contributed by atoms with Crippen LogP contribution in [0.3, 0.4) is 0 Å². The van der Waals surface area contributed by atoms with Gasteiger partial charge in [-0.05, 0) is 54.1 Å². The zero-order chi connectivity index (χ0) is 23.0. The molecule has 0 aliphatic rings. The Bertz CT molecular complexity index is 1170. The molecule has 3 aromatic carbocycles. The highest BCUT2D eigenvalue weighted by molar-refractivity contribution is 7.92. The van der Waals surface area contributed by atoms with Crippen LogP contribution in [0, 0.1) is 5.82 Å². The molecule has 3 rings (SSSR count). The third-order valence-electron chi connectivity index (χ3n) is 4.22. The Hall–Kier alpha value is -3.72. The molecule has 7 nitrogen and oxygen atoms in total. The molecule has 0 atom stereocenters. The van der Waals surface area contributed by atoms with Crippen molar-refractivity contribution in [3.8, 4) is 5.75 Å². The lowest BCUT2D eigenvalue weighted by molar-refractivity contribution is -0.114. The van der Waals surface area contributed by atoms with Crippen molar-refractivity contribution in [2.45, 2.75) is 6.61 Å². The molecular formula is C23H21FN2O5S. The predicted molar refractivity (Wildman–Crippen MR) is 120 cm³/mol.